The normalized spacial score (nSPS) is 16.4. The lowest BCUT2D eigenvalue weighted by Gasteiger charge is -2.41. The Balaban J connectivity index is 4.36. The molecule has 0 aliphatic rings. The fourth-order valence-corrected chi connectivity index (χ4v) is 1.64. The molecule has 3 nitrogen and oxygen atoms in total. The van der Waals surface area contributed by atoms with E-state index in [2.05, 4.69) is 25.7 Å². The molecule has 0 saturated carbocycles. The van der Waals surface area contributed by atoms with E-state index in [-0.39, 0.29) is 11.0 Å². The van der Waals surface area contributed by atoms with Crippen LogP contribution in [-0.2, 0) is 0 Å². The largest absolute Gasteiger partial charge is 0.376 e. The third kappa shape index (κ3) is 6.53. The van der Waals surface area contributed by atoms with Gasteiger partial charge in [0.15, 0.2) is 0 Å². The van der Waals surface area contributed by atoms with Gasteiger partial charge in [0.05, 0.1) is 0 Å². The molecular formula is C15H32N2O. The van der Waals surface area contributed by atoms with Crippen LogP contribution in [0.5, 0.6) is 0 Å². The Morgan fingerprint density at radius 2 is 1.67 bits per heavy atom. The molecule has 0 heterocycles. The Morgan fingerprint density at radius 3 is 2.06 bits per heavy atom. The van der Waals surface area contributed by atoms with Gasteiger partial charge in [-0.25, -0.2) is 0 Å². The van der Waals surface area contributed by atoms with Gasteiger partial charge in [-0.1, -0.05) is 19.4 Å². The lowest BCUT2D eigenvalue weighted by molar-refractivity contribution is -0.0835. The van der Waals surface area contributed by atoms with Gasteiger partial charge in [-0.2, -0.15) is 0 Å². The fourth-order valence-electron chi connectivity index (χ4n) is 1.64. The van der Waals surface area contributed by atoms with Crippen molar-refractivity contribution in [3.63, 3.8) is 0 Å². The summed E-state index contributed by atoms with van der Waals surface area (Å²) < 4.78 is 0. The van der Waals surface area contributed by atoms with E-state index >= 15 is 0 Å². The molecular weight excluding hydrogens is 224 g/mol. The predicted molar refractivity (Wildman–Crippen MR) is 79.3 cm³/mol. The number of nitrogens with two attached hydrogens (primary N) is 1. The van der Waals surface area contributed by atoms with Crippen molar-refractivity contribution in [2.45, 2.75) is 72.1 Å². The summed E-state index contributed by atoms with van der Waals surface area (Å²) in [5.74, 6) is 0. The Hall–Kier alpha value is -0.380. The number of aliphatic hydroxyl groups is 1. The maximum Gasteiger partial charge on any atom is 0.118 e. The molecule has 0 fully saturated rings. The van der Waals surface area contributed by atoms with Crippen molar-refractivity contribution in [3.8, 4) is 0 Å². The molecule has 0 radical (unpaired) electrons. The maximum absolute atomic E-state index is 10.6. The molecule has 1 atom stereocenters. The molecule has 0 amide bonds. The van der Waals surface area contributed by atoms with E-state index in [1.807, 2.05) is 27.7 Å². The zero-order chi connectivity index (χ0) is 14.6. The van der Waals surface area contributed by atoms with E-state index in [1.54, 1.807) is 0 Å². The van der Waals surface area contributed by atoms with Crippen LogP contribution < -0.4 is 11.1 Å². The van der Waals surface area contributed by atoms with Gasteiger partial charge < -0.3 is 10.8 Å². The van der Waals surface area contributed by atoms with Crippen molar-refractivity contribution in [1.82, 2.24) is 5.32 Å². The van der Waals surface area contributed by atoms with Gasteiger partial charge in [-0.3, -0.25) is 5.32 Å². The molecule has 18 heavy (non-hydrogen) atoms. The second kappa shape index (κ2) is 6.18. The Bertz CT molecular complexity index is 275. The molecule has 0 bridgehead atoms. The van der Waals surface area contributed by atoms with Crippen LogP contribution in [0.4, 0.5) is 0 Å². The average molecular weight is 256 g/mol. The molecule has 0 aliphatic heterocycles. The number of allylic oxidation sites excluding steroid dienone is 1. The van der Waals surface area contributed by atoms with Gasteiger partial charge in [0.1, 0.15) is 5.72 Å². The van der Waals surface area contributed by atoms with Crippen molar-refractivity contribution in [2.75, 3.05) is 6.54 Å². The SMILES string of the molecule is C=C(C)CCC(C)(C)C(C)(O)NCCC(C)(C)N. The van der Waals surface area contributed by atoms with Gasteiger partial charge >= 0.3 is 0 Å². The quantitative estimate of drug-likeness (QED) is 0.462. The molecule has 108 valence electrons. The second-order valence-corrected chi connectivity index (χ2v) is 7.08. The second-order valence-electron chi connectivity index (χ2n) is 7.08. The van der Waals surface area contributed by atoms with Gasteiger partial charge in [0, 0.05) is 11.0 Å². The minimum atomic E-state index is -0.895. The van der Waals surface area contributed by atoms with Gasteiger partial charge in [0.2, 0.25) is 0 Å². The van der Waals surface area contributed by atoms with E-state index in [9.17, 15) is 5.11 Å². The fraction of sp³-hybridized carbons (Fsp3) is 0.867. The predicted octanol–water partition coefficient (Wildman–Crippen LogP) is 2.79. The summed E-state index contributed by atoms with van der Waals surface area (Å²) in [6.07, 6.45) is 2.68. The first-order valence-corrected chi connectivity index (χ1v) is 6.78. The standard InChI is InChI=1S/C15H32N2O/c1-12(2)8-9-13(3,4)15(7,18)17-11-10-14(5,6)16/h17-18H,1,8-11,16H2,2-7H3. The summed E-state index contributed by atoms with van der Waals surface area (Å²) in [6.45, 7) is 16.6. The molecule has 0 rings (SSSR count). The summed E-state index contributed by atoms with van der Waals surface area (Å²) in [5.41, 5.74) is 5.79. The minimum Gasteiger partial charge on any atom is -0.376 e. The van der Waals surface area contributed by atoms with Crippen molar-refractivity contribution in [2.24, 2.45) is 11.1 Å². The third-order valence-corrected chi connectivity index (χ3v) is 3.73. The van der Waals surface area contributed by atoms with Crippen LogP contribution in [0.3, 0.4) is 0 Å². The van der Waals surface area contributed by atoms with Crippen LogP contribution in [0.25, 0.3) is 0 Å². The van der Waals surface area contributed by atoms with Crippen molar-refractivity contribution < 1.29 is 5.11 Å². The Labute approximate surface area is 113 Å². The molecule has 0 aromatic heterocycles. The van der Waals surface area contributed by atoms with Crippen molar-refractivity contribution in [1.29, 1.82) is 0 Å². The van der Waals surface area contributed by atoms with Crippen LogP contribution in [0.15, 0.2) is 12.2 Å². The van der Waals surface area contributed by atoms with Crippen LogP contribution in [0, 0.1) is 5.41 Å². The molecule has 4 N–H and O–H groups in total. The highest BCUT2D eigenvalue weighted by atomic mass is 16.3. The van der Waals surface area contributed by atoms with E-state index in [0.717, 1.165) is 24.8 Å². The summed E-state index contributed by atoms with van der Waals surface area (Å²) in [6, 6.07) is 0. The zero-order valence-corrected chi connectivity index (χ0v) is 13.1. The Morgan fingerprint density at radius 1 is 1.17 bits per heavy atom. The van der Waals surface area contributed by atoms with Crippen LogP contribution in [0.1, 0.15) is 60.8 Å². The van der Waals surface area contributed by atoms with E-state index in [4.69, 9.17) is 5.73 Å². The van der Waals surface area contributed by atoms with E-state index in [0.29, 0.717) is 6.54 Å². The van der Waals surface area contributed by atoms with Crippen LogP contribution in [-0.4, -0.2) is 22.9 Å². The van der Waals surface area contributed by atoms with Gasteiger partial charge in [0.25, 0.3) is 0 Å². The van der Waals surface area contributed by atoms with Crippen molar-refractivity contribution >= 4 is 0 Å². The third-order valence-electron chi connectivity index (χ3n) is 3.73. The number of rotatable bonds is 8. The lowest BCUT2D eigenvalue weighted by Crippen LogP contribution is -2.55. The van der Waals surface area contributed by atoms with Crippen LogP contribution in [0.2, 0.25) is 0 Å². The monoisotopic (exact) mass is 256 g/mol. The number of hydrogen-bond donors (Lipinski definition) is 3. The van der Waals surface area contributed by atoms with Crippen LogP contribution >= 0.6 is 0 Å². The summed E-state index contributed by atoms with van der Waals surface area (Å²) in [5, 5.41) is 13.8. The molecule has 0 aromatic rings. The zero-order valence-electron chi connectivity index (χ0n) is 13.1. The summed E-state index contributed by atoms with van der Waals surface area (Å²) in [7, 11) is 0. The average Bonchev–Trinajstić information content (AvgIpc) is 2.12. The molecule has 3 heteroatoms. The first-order chi connectivity index (χ1) is 7.87. The molecule has 0 saturated heterocycles. The maximum atomic E-state index is 10.6. The number of hydrogen-bond acceptors (Lipinski definition) is 3. The highest BCUT2D eigenvalue weighted by Crippen LogP contribution is 2.34. The molecule has 0 aliphatic carbocycles. The number of nitrogens with one attached hydrogen (secondary N) is 1. The van der Waals surface area contributed by atoms with Crippen molar-refractivity contribution in [3.05, 3.63) is 12.2 Å². The smallest absolute Gasteiger partial charge is 0.118 e. The molecule has 1 unspecified atom stereocenters. The first-order valence-electron chi connectivity index (χ1n) is 6.78. The topological polar surface area (TPSA) is 58.3 Å². The van der Waals surface area contributed by atoms with Gasteiger partial charge in [-0.05, 0) is 53.5 Å². The highest BCUT2D eigenvalue weighted by Gasteiger charge is 2.38. The van der Waals surface area contributed by atoms with Gasteiger partial charge in [-0.15, -0.1) is 6.58 Å². The summed E-state index contributed by atoms with van der Waals surface area (Å²) in [4.78, 5) is 0. The first kappa shape index (κ1) is 17.6. The highest BCUT2D eigenvalue weighted by molar-refractivity contribution is 4.94. The lowest BCUT2D eigenvalue weighted by atomic mass is 9.77. The van der Waals surface area contributed by atoms with E-state index < -0.39 is 5.72 Å². The van der Waals surface area contributed by atoms with E-state index in [1.165, 1.54) is 0 Å². The molecule has 0 aromatic carbocycles. The summed E-state index contributed by atoms with van der Waals surface area (Å²) >= 11 is 0. The molecule has 0 spiro atoms. The minimum absolute atomic E-state index is 0.203. The Kier molecular flexibility index (Phi) is 6.05.